The van der Waals surface area contributed by atoms with E-state index >= 15 is 0 Å². The number of carbonyl (C=O) groups excluding carboxylic acids is 1. The molecule has 3 nitrogen and oxygen atoms in total. The van der Waals surface area contributed by atoms with Gasteiger partial charge in [0.1, 0.15) is 5.69 Å². The lowest BCUT2D eigenvalue weighted by Crippen LogP contribution is -2.34. The second-order valence-electron chi connectivity index (χ2n) is 4.82. The highest BCUT2D eigenvalue weighted by Crippen LogP contribution is 2.18. The standard InChI is InChI=1S/C15H16N2O/c1-11-6-8-17(9-7-11)15(18)14-10-12-4-2-3-5-13(12)16-14/h2-6,10,16H,7-9H2,1H3. The molecule has 0 spiro atoms. The minimum Gasteiger partial charge on any atom is -0.351 e. The molecule has 0 atom stereocenters. The third-order valence-corrected chi connectivity index (χ3v) is 3.48. The quantitative estimate of drug-likeness (QED) is 0.764. The van der Waals surface area contributed by atoms with Crippen LogP contribution in [0.2, 0.25) is 0 Å². The number of hydrogen-bond acceptors (Lipinski definition) is 1. The summed E-state index contributed by atoms with van der Waals surface area (Å²) in [6.45, 7) is 3.65. The van der Waals surface area contributed by atoms with Crippen molar-refractivity contribution in [3.05, 3.63) is 47.7 Å². The Morgan fingerprint density at radius 2 is 2.17 bits per heavy atom. The van der Waals surface area contributed by atoms with E-state index in [0.29, 0.717) is 5.69 Å². The molecule has 1 N–H and O–H groups in total. The van der Waals surface area contributed by atoms with Gasteiger partial charge in [0.15, 0.2) is 0 Å². The van der Waals surface area contributed by atoms with E-state index in [2.05, 4.69) is 18.0 Å². The fourth-order valence-corrected chi connectivity index (χ4v) is 2.31. The Balaban J connectivity index is 1.88. The molecule has 2 aromatic rings. The smallest absolute Gasteiger partial charge is 0.270 e. The molecule has 1 aromatic carbocycles. The third-order valence-electron chi connectivity index (χ3n) is 3.48. The van der Waals surface area contributed by atoms with Crippen molar-refractivity contribution in [2.24, 2.45) is 0 Å². The van der Waals surface area contributed by atoms with Crippen molar-refractivity contribution in [2.45, 2.75) is 13.3 Å². The first-order valence-electron chi connectivity index (χ1n) is 6.27. The Morgan fingerprint density at radius 3 is 2.89 bits per heavy atom. The van der Waals surface area contributed by atoms with Crippen LogP contribution in [0.5, 0.6) is 0 Å². The topological polar surface area (TPSA) is 36.1 Å². The molecule has 3 heteroatoms. The predicted molar refractivity (Wildman–Crippen MR) is 72.6 cm³/mol. The van der Waals surface area contributed by atoms with E-state index in [0.717, 1.165) is 30.4 Å². The molecular formula is C15H16N2O. The number of para-hydroxylation sites is 1. The van der Waals surface area contributed by atoms with Crippen LogP contribution < -0.4 is 0 Å². The molecule has 3 rings (SSSR count). The van der Waals surface area contributed by atoms with Crippen LogP contribution in [-0.4, -0.2) is 28.9 Å². The number of rotatable bonds is 1. The molecule has 0 bridgehead atoms. The molecule has 1 aliphatic heterocycles. The van der Waals surface area contributed by atoms with Crippen LogP contribution >= 0.6 is 0 Å². The molecular weight excluding hydrogens is 224 g/mol. The van der Waals surface area contributed by atoms with Crippen molar-refractivity contribution in [3.63, 3.8) is 0 Å². The zero-order chi connectivity index (χ0) is 12.5. The number of H-pyrrole nitrogens is 1. The van der Waals surface area contributed by atoms with Gasteiger partial charge in [-0.15, -0.1) is 0 Å². The van der Waals surface area contributed by atoms with Gasteiger partial charge >= 0.3 is 0 Å². The van der Waals surface area contributed by atoms with Gasteiger partial charge in [-0.05, 0) is 25.5 Å². The highest BCUT2D eigenvalue weighted by atomic mass is 16.2. The monoisotopic (exact) mass is 240 g/mol. The van der Waals surface area contributed by atoms with Crippen molar-refractivity contribution in [2.75, 3.05) is 13.1 Å². The number of aromatic nitrogens is 1. The van der Waals surface area contributed by atoms with Gasteiger partial charge in [-0.3, -0.25) is 4.79 Å². The van der Waals surface area contributed by atoms with E-state index < -0.39 is 0 Å². The maximum Gasteiger partial charge on any atom is 0.270 e. The largest absolute Gasteiger partial charge is 0.351 e. The summed E-state index contributed by atoms with van der Waals surface area (Å²) in [5, 5.41) is 1.09. The lowest BCUT2D eigenvalue weighted by atomic mass is 10.1. The van der Waals surface area contributed by atoms with Crippen LogP contribution in [0, 0.1) is 0 Å². The minimum atomic E-state index is 0.0925. The van der Waals surface area contributed by atoms with Crippen LogP contribution in [0.1, 0.15) is 23.8 Å². The molecule has 0 radical (unpaired) electrons. The molecule has 0 fully saturated rings. The third kappa shape index (κ3) is 1.92. The van der Waals surface area contributed by atoms with Crippen molar-refractivity contribution in [1.29, 1.82) is 0 Å². The summed E-state index contributed by atoms with van der Waals surface area (Å²) >= 11 is 0. The number of carbonyl (C=O) groups is 1. The molecule has 1 amide bonds. The number of hydrogen-bond donors (Lipinski definition) is 1. The Hall–Kier alpha value is -2.03. The molecule has 1 aliphatic rings. The van der Waals surface area contributed by atoms with E-state index in [4.69, 9.17) is 0 Å². The lowest BCUT2D eigenvalue weighted by molar-refractivity contribution is 0.0764. The SMILES string of the molecule is CC1=CCN(C(=O)c2cc3ccccc3[nH]2)CC1. The summed E-state index contributed by atoms with van der Waals surface area (Å²) in [5.41, 5.74) is 3.07. The summed E-state index contributed by atoms with van der Waals surface area (Å²) in [6.07, 6.45) is 3.11. The van der Waals surface area contributed by atoms with Gasteiger partial charge in [0.05, 0.1) is 0 Å². The Labute approximate surface area is 106 Å². The number of nitrogens with zero attached hydrogens (tertiary/aromatic N) is 1. The van der Waals surface area contributed by atoms with Crippen molar-refractivity contribution >= 4 is 16.8 Å². The predicted octanol–water partition coefficient (Wildman–Crippen LogP) is 2.96. The zero-order valence-corrected chi connectivity index (χ0v) is 10.4. The van der Waals surface area contributed by atoms with Crippen LogP contribution in [0.3, 0.4) is 0 Å². The summed E-state index contributed by atoms with van der Waals surface area (Å²) < 4.78 is 0. The van der Waals surface area contributed by atoms with Crippen molar-refractivity contribution in [1.82, 2.24) is 9.88 Å². The Morgan fingerprint density at radius 1 is 1.33 bits per heavy atom. The minimum absolute atomic E-state index is 0.0925. The summed E-state index contributed by atoms with van der Waals surface area (Å²) in [6, 6.07) is 9.90. The number of fused-ring (bicyclic) bond motifs is 1. The maximum atomic E-state index is 12.3. The molecule has 0 unspecified atom stereocenters. The molecule has 0 aliphatic carbocycles. The van der Waals surface area contributed by atoms with Crippen molar-refractivity contribution < 1.29 is 4.79 Å². The van der Waals surface area contributed by atoms with E-state index in [1.807, 2.05) is 35.2 Å². The Bertz CT molecular complexity index is 591. The van der Waals surface area contributed by atoms with Gasteiger partial charge in [-0.1, -0.05) is 29.8 Å². The lowest BCUT2D eigenvalue weighted by Gasteiger charge is -2.24. The molecule has 92 valence electrons. The second-order valence-corrected chi connectivity index (χ2v) is 4.82. The number of nitrogens with one attached hydrogen (secondary N) is 1. The molecule has 2 heterocycles. The van der Waals surface area contributed by atoms with Crippen LogP contribution in [-0.2, 0) is 0 Å². The Kier molecular flexibility index (Phi) is 2.67. The van der Waals surface area contributed by atoms with Gasteiger partial charge < -0.3 is 9.88 Å². The number of benzene rings is 1. The highest BCUT2D eigenvalue weighted by Gasteiger charge is 2.18. The van der Waals surface area contributed by atoms with E-state index in [1.54, 1.807) is 0 Å². The molecule has 1 aromatic heterocycles. The van der Waals surface area contributed by atoms with Gasteiger partial charge in [-0.2, -0.15) is 0 Å². The first kappa shape index (κ1) is 11.1. The van der Waals surface area contributed by atoms with Crippen LogP contribution in [0.25, 0.3) is 10.9 Å². The average Bonchev–Trinajstić information content (AvgIpc) is 2.82. The molecule has 18 heavy (non-hydrogen) atoms. The maximum absolute atomic E-state index is 12.3. The summed E-state index contributed by atoms with van der Waals surface area (Å²) in [4.78, 5) is 17.4. The zero-order valence-electron chi connectivity index (χ0n) is 10.4. The number of aromatic amines is 1. The van der Waals surface area contributed by atoms with Crippen LogP contribution in [0.15, 0.2) is 42.0 Å². The van der Waals surface area contributed by atoms with E-state index in [-0.39, 0.29) is 5.91 Å². The van der Waals surface area contributed by atoms with Gasteiger partial charge in [0.2, 0.25) is 0 Å². The van der Waals surface area contributed by atoms with Gasteiger partial charge in [0, 0.05) is 24.0 Å². The summed E-state index contributed by atoms with van der Waals surface area (Å²) in [7, 11) is 0. The van der Waals surface area contributed by atoms with Gasteiger partial charge in [-0.25, -0.2) is 0 Å². The molecule has 0 saturated carbocycles. The fourth-order valence-electron chi connectivity index (χ4n) is 2.31. The first-order valence-corrected chi connectivity index (χ1v) is 6.27. The normalized spacial score (nSPS) is 15.8. The summed E-state index contributed by atoms with van der Waals surface area (Å²) in [5.74, 6) is 0.0925. The number of amides is 1. The van der Waals surface area contributed by atoms with E-state index in [1.165, 1.54) is 5.57 Å². The first-order chi connectivity index (χ1) is 8.74. The van der Waals surface area contributed by atoms with E-state index in [9.17, 15) is 4.79 Å². The highest BCUT2D eigenvalue weighted by molar-refractivity contribution is 5.98. The van der Waals surface area contributed by atoms with Crippen molar-refractivity contribution in [3.8, 4) is 0 Å². The average molecular weight is 240 g/mol. The molecule has 0 saturated heterocycles. The second kappa shape index (κ2) is 4.33. The van der Waals surface area contributed by atoms with Crippen LogP contribution in [0.4, 0.5) is 0 Å². The fraction of sp³-hybridized carbons (Fsp3) is 0.267. The van der Waals surface area contributed by atoms with Gasteiger partial charge in [0.25, 0.3) is 5.91 Å².